The second-order valence-electron chi connectivity index (χ2n) is 7.79. The second kappa shape index (κ2) is 15.1. The highest BCUT2D eigenvalue weighted by Crippen LogP contribution is 2.30. The van der Waals surface area contributed by atoms with Crippen LogP contribution in [0.4, 0.5) is 0 Å². The first-order chi connectivity index (χ1) is 17.8. The van der Waals surface area contributed by atoms with Crippen LogP contribution in [-0.4, -0.2) is 67.2 Å². The fourth-order valence-electron chi connectivity index (χ4n) is 3.55. The fourth-order valence-corrected chi connectivity index (χ4v) is 4.61. The van der Waals surface area contributed by atoms with Crippen molar-refractivity contribution in [1.29, 1.82) is 0 Å². The summed E-state index contributed by atoms with van der Waals surface area (Å²) in [4.78, 5) is 27.2. The maximum Gasteiger partial charge on any atom is 0.248 e. The number of benzene rings is 1. The van der Waals surface area contributed by atoms with Gasteiger partial charge in [-0.1, -0.05) is 23.5 Å². The zero-order valence-electron chi connectivity index (χ0n) is 22.0. The molecule has 0 saturated carbocycles. The zero-order valence-corrected chi connectivity index (χ0v) is 22.8. The number of amides is 1. The summed E-state index contributed by atoms with van der Waals surface area (Å²) in [7, 11) is 4.88. The number of rotatable bonds is 12. The molecule has 0 fully saturated rings. The number of primary amides is 1. The molecular formula is C25H36N6O5S. The van der Waals surface area contributed by atoms with Gasteiger partial charge in [-0.05, 0) is 32.0 Å². The van der Waals surface area contributed by atoms with Crippen LogP contribution < -0.4 is 21.0 Å². The number of aryl methyl sites for hydroxylation is 2. The van der Waals surface area contributed by atoms with E-state index in [4.69, 9.17) is 25.7 Å². The molecule has 202 valence electrons. The Bertz CT molecular complexity index is 1270. The molecule has 12 heteroatoms. The second-order valence-corrected chi connectivity index (χ2v) is 8.80. The molecule has 3 aromatic rings. The number of aromatic nitrogens is 3. The average molecular weight is 533 g/mol. The smallest absolute Gasteiger partial charge is 0.248 e. The van der Waals surface area contributed by atoms with Crippen LogP contribution in [0.5, 0.6) is 5.75 Å². The van der Waals surface area contributed by atoms with E-state index in [1.54, 1.807) is 44.1 Å². The summed E-state index contributed by atoms with van der Waals surface area (Å²) in [5, 5.41) is 4.09. The van der Waals surface area contributed by atoms with Crippen LogP contribution in [0.25, 0.3) is 10.2 Å². The number of allylic oxidation sites excluding steroid dienone is 1. The summed E-state index contributed by atoms with van der Waals surface area (Å²) in [6.45, 7) is 6.00. The Labute approximate surface area is 220 Å². The third-order valence-electron chi connectivity index (χ3n) is 5.30. The summed E-state index contributed by atoms with van der Waals surface area (Å²) in [5.74, 6) is 0.0610. The Hall–Kier alpha value is -3.32. The van der Waals surface area contributed by atoms with E-state index in [0.717, 1.165) is 33.5 Å². The molecule has 0 saturated heterocycles. The van der Waals surface area contributed by atoms with Gasteiger partial charge in [0.2, 0.25) is 5.91 Å². The van der Waals surface area contributed by atoms with Crippen molar-refractivity contribution >= 4 is 33.7 Å². The van der Waals surface area contributed by atoms with E-state index in [0.29, 0.717) is 43.1 Å². The van der Waals surface area contributed by atoms with Crippen LogP contribution in [0.3, 0.4) is 0 Å². The number of nitrogens with two attached hydrogens (primary N) is 2. The van der Waals surface area contributed by atoms with Crippen LogP contribution in [0.1, 0.15) is 39.9 Å². The summed E-state index contributed by atoms with van der Waals surface area (Å²) in [6, 6.07) is 5.20. The molecule has 1 aromatic carbocycles. The topological polar surface area (TPSA) is 149 Å². The van der Waals surface area contributed by atoms with Crippen LogP contribution in [-0.2, 0) is 22.6 Å². The van der Waals surface area contributed by atoms with Crippen molar-refractivity contribution in [3.63, 3.8) is 0 Å². The molecule has 1 amide bonds. The first kappa shape index (κ1) is 29.9. The molecule has 0 spiro atoms. The maximum absolute atomic E-state index is 11.7. The lowest BCUT2D eigenvalue weighted by atomic mass is 10.2. The summed E-state index contributed by atoms with van der Waals surface area (Å²) < 4.78 is 20.9. The lowest BCUT2D eigenvalue weighted by molar-refractivity contribution is -0.110. The highest BCUT2D eigenvalue weighted by Gasteiger charge is 2.16. The van der Waals surface area contributed by atoms with Gasteiger partial charge in [0.15, 0.2) is 17.4 Å². The van der Waals surface area contributed by atoms with E-state index in [1.165, 1.54) is 11.3 Å². The molecule has 0 bridgehead atoms. The summed E-state index contributed by atoms with van der Waals surface area (Å²) >= 11 is 1.47. The molecule has 0 aliphatic carbocycles. The van der Waals surface area contributed by atoms with Crippen molar-refractivity contribution in [2.45, 2.75) is 39.6 Å². The van der Waals surface area contributed by atoms with E-state index in [9.17, 15) is 9.59 Å². The van der Waals surface area contributed by atoms with Crippen LogP contribution in [0.2, 0.25) is 0 Å². The van der Waals surface area contributed by atoms with Gasteiger partial charge in [0.05, 0.1) is 17.0 Å². The monoisotopic (exact) mass is 532 g/mol. The third-order valence-corrected chi connectivity index (χ3v) is 6.42. The van der Waals surface area contributed by atoms with Crippen LogP contribution in [0.15, 0.2) is 35.3 Å². The van der Waals surface area contributed by atoms with Crippen molar-refractivity contribution in [3.8, 4) is 5.75 Å². The highest BCUT2D eigenvalue weighted by atomic mass is 32.1. The molecule has 4 N–H and O–H groups in total. The maximum atomic E-state index is 11.7. The standard InChI is InChI=1S/C18H26N4O4S.C7H10N2O/c1-21-18-22(8-5-4-7-19)16-13(26-9-6-15(24-2)25-3)10-12(17(20)23)11-14(16)27-18;1-3-9-7(5-10)4-6(2)8-9/h4-5,10-11,15H,6-9,19H2,1-3H3,(H2,20,23);4-5H,3H2,1-2H3/b5-4+,21-18?;. The van der Waals surface area contributed by atoms with Gasteiger partial charge in [-0.3, -0.25) is 19.3 Å². The predicted molar refractivity (Wildman–Crippen MR) is 144 cm³/mol. The van der Waals surface area contributed by atoms with Gasteiger partial charge in [-0.15, -0.1) is 0 Å². The van der Waals surface area contributed by atoms with E-state index in [2.05, 4.69) is 10.1 Å². The van der Waals surface area contributed by atoms with Crippen molar-refractivity contribution in [2.24, 2.45) is 16.5 Å². The van der Waals surface area contributed by atoms with Gasteiger partial charge in [0.25, 0.3) is 0 Å². The highest BCUT2D eigenvalue weighted by molar-refractivity contribution is 7.16. The number of methoxy groups -OCH3 is 2. The average Bonchev–Trinajstić information content (AvgIpc) is 3.46. The number of hydrogen-bond donors (Lipinski definition) is 2. The number of ether oxygens (including phenoxy) is 3. The number of carbonyl (C=O) groups is 2. The largest absolute Gasteiger partial charge is 0.491 e. The van der Waals surface area contributed by atoms with Gasteiger partial charge in [0, 0.05) is 52.9 Å². The SMILES string of the molecule is CCn1nc(C)cc1C=O.CN=c1sc2cc(C(N)=O)cc(OCCC(OC)OC)c2n1C/C=C/CN. The number of nitrogens with zero attached hydrogens (tertiary/aromatic N) is 4. The molecule has 0 atom stereocenters. The van der Waals surface area contributed by atoms with E-state index >= 15 is 0 Å². The lowest BCUT2D eigenvalue weighted by Crippen LogP contribution is -2.18. The molecule has 37 heavy (non-hydrogen) atoms. The molecule has 2 heterocycles. The van der Waals surface area contributed by atoms with Gasteiger partial charge in [-0.2, -0.15) is 5.10 Å². The van der Waals surface area contributed by atoms with E-state index in [1.807, 2.05) is 30.6 Å². The van der Waals surface area contributed by atoms with Gasteiger partial charge < -0.3 is 30.2 Å². The molecule has 3 rings (SSSR count). The molecule has 0 unspecified atom stereocenters. The molecule has 11 nitrogen and oxygen atoms in total. The van der Waals surface area contributed by atoms with E-state index in [-0.39, 0.29) is 6.29 Å². The number of hydrogen-bond acceptors (Lipinski definition) is 9. The predicted octanol–water partition coefficient (Wildman–Crippen LogP) is 2.26. The Morgan fingerprint density at radius 1 is 1.24 bits per heavy atom. The van der Waals surface area contributed by atoms with Crippen molar-refractivity contribution in [1.82, 2.24) is 14.3 Å². The van der Waals surface area contributed by atoms with Crippen molar-refractivity contribution in [3.05, 3.63) is 52.1 Å². The Morgan fingerprint density at radius 2 is 1.97 bits per heavy atom. The minimum atomic E-state index is -0.508. The molecule has 0 aliphatic heterocycles. The Morgan fingerprint density at radius 3 is 2.51 bits per heavy atom. The van der Waals surface area contributed by atoms with Crippen LogP contribution in [0, 0.1) is 6.92 Å². The summed E-state index contributed by atoms with van der Waals surface area (Å²) in [5.41, 5.74) is 13.8. The van der Waals surface area contributed by atoms with Gasteiger partial charge >= 0.3 is 0 Å². The minimum Gasteiger partial charge on any atom is -0.491 e. The number of thiazole rings is 1. The van der Waals surface area contributed by atoms with Crippen molar-refractivity contribution < 1.29 is 23.8 Å². The molecule has 2 aromatic heterocycles. The Balaban J connectivity index is 0.000000402. The fraction of sp³-hybridized carbons (Fsp3) is 0.440. The Kier molecular flexibility index (Phi) is 12.2. The number of fused-ring (bicyclic) bond motifs is 1. The van der Waals surface area contributed by atoms with Crippen molar-refractivity contribution in [2.75, 3.05) is 34.4 Å². The lowest BCUT2D eigenvalue weighted by Gasteiger charge is -2.15. The number of aldehydes is 1. The van der Waals surface area contributed by atoms with E-state index < -0.39 is 5.91 Å². The normalized spacial score (nSPS) is 11.8. The number of carbonyl (C=O) groups excluding carboxylic acids is 2. The quantitative estimate of drug-likeness (QED) is 0.206. The van der Waals surface area contributed by atoms with Gasteiger partial charge in [0.1, 0.15) is 17.0 Å². The minimum absolute atomic E-state index is 0.358. The first-order valence-electron chi connectivity index (χ1n) is 11.8. The zero-order chi connectivity index (χ0) is 27.4. The molecule has 0 radical (unpaired) electrons. The molecule has 0 aliphatic rings. The van der Waals surface area contributed by atoms with Crippen LogP contribution >= 0.6 is 11.3 Å². The molecular weight excluding hydrogens is 496 g/mol. The third kappa shape index (κ3) is 8.09. The summed E-state index contributed by atoms with van der Waals surface area (Å²) in [6.07, 6.45) is 4.86. The van der Waals surface area contributed by atoms with Gasteiger partial charge in [-0.25, -0.2) is 0 Å². The first-order valence-corrected chi connectivity index (χ1v) is 12.6.